The molecule has 2 heteroatoms. The van der Waals surface area contributed by atoms with Crippen LogP contribution in [-0.2, 0) is 6.42 Å². The van der Waals surface area contributed by atoms with E-state index in [2.05, 4.69) is 34.9 Å². The minimum Gasteiger partial charge on any atom is -0.385 e. The van der Waals surface area contributed by atoms with Crippen molar-refractivity contribution in [2.75, 3.05) is 13.1 Å². The molecule has 2 N–H and O–H groups in total. The van der Waals surface area contributed by atoms with Crippen LogP contribution in [0.5, 0.6) is 0 Å². The molecule has 0 saturated carbocycles. The van der Waals surface area contributed by atoms with Crippen LogP contribution in [0.15, 0.2) is 30.0 Å². The number of benzene rings is 1. The number of rotatable bonds is 0. The van der Waals surface area contributed by atoms with Crippen molar-refractivity contribution >= 4 is 5.70 Å². The van der Waals surface area contributed by atoms with Crippen LogP contribution in [0.2, 0.25) is 0 Å². The zero-order valence-corrected chi connectivity index (χ0v) is 8.14. The quantitative estimate of drug-likeness (QED) is 0.641. The summed E-state index contributed by atoms with van der Waals surface area (Å²) in [5, 5.41) is 6.97. The summed E-state index contributed by atoms with van der Waals surface area (Å²) >= 11 is 0. The van der Waals surface area contributed by atoms with Crippen molar-refractivity contribution in [3.63, 3.8) is 0 Å². The van der Waals surface area contributed by atoms with Gasteiger partial charge in [0.05, 0.1) is 5.70 Å². The molecule has 14 heavy (non-hydrogen) atoms. The molecule has 0 radical (unpaired) electrons. The number of hydrogen-bond acceptors (Lipinski definition) is 2. The van der Waals surface area contributed by atoms with Crippen molar-refractivity contribution in [3.05, 3.63) is 41.1 Å². The average molecular weight is 186 g/mol. The summed E-state index contributed by atoms with van der Waals surface area (Å²) in [6, 6.07) is 8.69. The molecular weight excluding hydrogens is 172 g/mol. The fourth-order valence-electron chi connectivity index (χ4n) is 2.31. The largest absolute Gasteiger partial charge is 0.385 e. The number of allylic oxidation sites excluding steroid dienone is 1. The van der Waals surface area contributed by atoms with Gasteiger partial charge in [0.15, 0.2) is 0 Å². The standard InChI is InChI=1S/C12H14N2/c1-2-4-10-9(3-1)5-6-11-12(10)14-8-7-13-11/h1-4,13-14H,5-8H2. The Morgan fingerprint density at radius 1 is 0.929 bits per heavy atom. The molecule has 1 heterocycles. The molecule has 0 bridgehead atoms. The number of hydrogen-bond donors (Lipinski definition) is 2. The van der Waals surface area contributed by atoms with Crippen LogP contribution in [-0.4, -0.2) is 13.1 Å². The van der Waals surface area contributed by atoms with Crippen LogP contribution in [0.25, 0.3) is 5.70 Å². The summed E-state index contributed by atoms with van der Waals surface area (Å²) in [4.78, 5) is 0. The lowest BCUT2D eigenvalue weighted by Crippen LogP contribution is -2.36. The topological polar surface area (TPSA) is 24.1 Å². The summed E-state index contributed by atoms with van der Waals surface area (Å²) < 4.78 is 0. The van der Waals surface area contributed by atoms with E-state index in [0.29, 0.717) is 0 Å². The van der Waals surface area contributed by atoms with E-state index in [1.165, 1.54) is 28.9 Å². The van der Waals surface area contributed by atoms with Crippen molar-refractivity contribution in [2.45, 2.75) is 12.8 Å². The molecule has 0 fully saturated rings. The molecule has 1 aromatic carbocycles. The van der Waals surface area contributed by atoms with Crippen LogP contribution < -0.4 is 10.6 Å². The molecule has 2 aliphatic rings. The fraction of sp³-hybridized carbons (Fsp3) is 0.333. The highest BCUT2D eigenvalue weighted by Crippen LogP contribution is 2.28. The normalized spacial score (nSPS) is 19.1. The van der Waals surface area contributed by atoms with Crippen molar-refractivity contribution in [3.8, 4) is 0 Å². The van der Waals surface area contributed by atoms with Crippen LogP contribution in [0.3, 0.4) is 0 Å². The number of nitrogens with one attached hydrogen (secondary N) is 2. The second-order valence-electron chi connectivity index (χ2n) is 3.86. The Kier molecular flexibility index (Phi) is 1.72. The molecule has 1 aliphatic carbocycles. The van der Waals surface area contributed by atoms with Gasteiger partial charge >= 0.3 is 0 Å². The van der Waals surface area contributed by atoms with Crippen LogP contribution in [0, 0.1) is 0 Å². The summed E-state index contributed by atoms with van der Waals surface area (Å²) in [6.07, 6.45) is 2.32. The number of aryl methyl sites for hydroxylation is 1. The van der Waals surface area contributed by atoms with Crippen LogP contribution in [0.4, 0.5) is 0 Å². The summed E-state index contributed by atoms with van der Waals surface area (Å²) in [5.74, 6) is 0. The van der Waals surface area contributed by atoms with E-state index in [-0.39, 0.29) is 0 Å². The second kappa shape index (κ2) is 3.05. The van der Waals surface area contributed by atoms with Crippen molar-refractivity contribution < 1.29 is 0 Å². The Bertz CT molecular complexity index is 393. The van der Waals surface area contributed by atoms with Crippen LogP contribution in [0.1, 0.15) is 17.5 Å². The lowest BCUT2D eigenvalue weighted by atomic mass is 9.91. The lowest BCUT2D eigenvalue weighted by Gasteiger charge is -2.29. The van der Waals surface area contributed by atoms with Gasteiger partial charge in [0.25, 0.3) is 0 Å². The van der Waals surface area contributed by atoms with Gasteiger partial charge in [-0.2, -0.15) is 0 Å². The summed E-state index contributed by atoms with van der Waals surface area (Å²) in [6.45, 7) is 2.09. The molecule has 0 unspecified atom stereocenters. The molecule has 1 aliphatic heterocycles. The molecule has 2 nitrogen and oxygen atoms in total. The maximum absolute atomic E-state index is 3.49. The van der Waals surface area contributed by atoms with Crippen molar-refractivity contribution in [1.29, 1.82) is 0 Å². The van der Waals surface area contributed by atoms with Gasteiger partial charge in [0, 0.05) is 24.4 Å². The van der Waals surface area contributed by atoms with Gasteiger partial charge in [-0.15, -0.1) is 0 Å². The summed E-state index contributed by atoms with van der Waals surface area (Å²) in [5.41, 5.74) is 5.59. The lowest BCUT2D eigenvalue weighted by molar-refractivity contribution is 0.656. The zero-order chi connectivity index (χ0) is 9.38. The average Bonchev–Trinajstić information content (AvgIpc) is 2.29. The maximum Gasteiger partial charge on any atom is 0.0610 e. The van der Waals surface area contributed by atoms with E-state index in [9.17, 15) is 0 Å². The molecule has 72 valence electrons. The van der Waals surface area contributed by atoms with Gasteiger partial charge in [-0.25, -0.2) is 0 Å². The third-order valence-corrected chi connectivity index (χ3v) is 3.00. The van der Waals surface area contributed by atoms with Gasteiger partial charge in [0.1, 0.15) is 0 Å². The van der Waals surface area contributed by atoms with Gasteiger partial charge in [-0.3, -0.25) is 0 Å². The molecule has 0 aromatic heterocycles. The molecule has 0 saturated heterocycles. The zero-order valence-electron chi connectivity index (χ0n) is 8.14. The van der Waals surface area contributed by atoms with Gasteiger partial charge in [-0.1, -0.05) is 24.3 Å². The highest BCUT2D eigenvalue weighted by Gasteiger charge is 2.20. The summed E-state index contributed by atoms with van der Waals surface area (Å²) in [7, 11) is 0. The molecule has 0 amide bonds. The first kappa shape index (κ1) is 7.92. The molecule has 0 atom stereocenters. The Morgan fingerprint density at radius 2 is 1.79 bits per heavy atom. The van der Waals surface area contributed by atoms with Gasteiger partial charge < -0.3 is 10.6 Å². The maximum atomic E-state index is 3.49. The van der Waals surface area contributed by atoms with Crippen molar-refractivity contribution in [1.82, 2.24) is 10.6 Å². The van der Waals surface area contributed by atoms with E-state index < -0.39 is 0 Å². The second-order valence-corrected chi connectivity index (χ2v) is 3.86. The number of fused-ring (bicyclic) bond motifs is 2. The van der Waals surface area contributed by atoms with Crippen molar-refractivity contribution in [2.24, 2.45) is 0 Å². The van der Waals surface area contributed by atoms with E-state index in [1.807, 2.05) is 0 Å². The van der Waals surface area contributed by atoms with E-state index in [4.69, 9.17) is 0 Å². The van der Waals surface area contributed by atoms with E-state index >= 15 is 0 Å². The molecule has 3 rings (SSSR count). The predicted octanol–water partition coefficient (Wildman–Crippen LogP) is 1.49. The highest BCUT2D eigenvalue weighted by molar-refractivity contribution is 5.71. The van der Waals surface area contributed by atoms with Crippen LogP contribution >= 0.6 is 0 Å². The SMILES string of the molecule is c1ccc2c(c1)CCC1=C2NCCN1. The van der Waals surface area contributed by atoms with E-state index in [1.54, 1.807) is 0 Å². The van der Waals surface area contributed by atoms with E-state index in [0.717, 1.165) is 19.5 Å². The third kappa shape index (κ3) is 1.10. The smallest absolute Gasteiger partial charge is 0.0610 e. The molecular formula is C12H14N2. The molecule has 0 spiro atoms. The highest BCUT2D eigenvalue weighted by atomic mass is 15.0. The minimum absolute atomic E-state index is 1.03. The van der Waals surface area contributed by atoms with Gasteiger partial charge in [0.2, 0.25) is 0 Å². The Morgan fingerprint density at radius 3 is 2.79 bits per heavy atom. The Hall–Kier alpha value is -1.44. The first-order chi connectivity index (χ1) is 6.95. The molecule has 1 aromatic rings. The monoisotopic (exact) mass is 186 g/mol. The van der Waals surface area contributed by atoms with Gasteiger partial charge in [-0.05, 0) is 18.4 Å². The Balaban J connectivity index is 2.13. The first-order valence-electron chi connectivity index (χ1n) is 5.24. The fourth-order valence-corrected chi connectivity index (χ4v) is 2.31. The Labute approximate surface area is 84.0 Å². The third-order valence-electron chi connectivity index (χ3n) is 3.00. The first-order valence-corrected chi connectivity index (χ1v) is 5.24. The minimum atomic E-state index is 1.03. The predicted molar refractivity (Wildman–Crippen MR) is 57.7 cm³/mol.